The van der Waals surface area contributed by atoms with E-state index in [0.29, 0.717) is 44.1 Å². The molecule has 8 heteroatoms. The number of carbonyl (C=O) groups is 2. The highest BCUT2D eigenvalue weighted by Crippen LogP contribution is 2.29. The Labute approximate surface area is 204 Å². The Morgan fingerprint density at radius 3 is 2.32 bits per heavy atom. The van der Waals surface area contributed by atoms with Crippen LogP contribution in [0.2, 0.25) is 0 Å². The predicted molar refractivity (Wildman–Crippen MR) is 132 cm³/mol. The third-order valence-corrected chi connectivity index (χ3v) is 7.01. The highest BCUT2D eigenvalue weighted by Gasteiger charge is 2.31. The minimum Gasteiger partial charge on any atom is -0.466 e. The molecule has 1 unspecified atom stereocenters. The van der Waals surface area contributed by atoms with Crippen molar-refractivity contribution in [3.63, 3.8) is 0 Å². The molecular weight excluding hydrogens is 448 g/mol. The average Bonchev–Trinajstić information content (AvgIpc) is 3.26. The van der Waals surface area contributed by atoms with Crippen molar-refractivity contribution in [3.05, 3.63) is 72.1 Å². The molecule has 1 aliphatic heterocycles. The van der Waals surface area contributed by atoms with E-state index in [0.717, 1.165) is 17.1 Å². The van der Waals surface area contributed by atoms with E-state index in [2.05, 4.69) is 22.3 Å². The summed E-state index contributed by atoms with van der Waals surface area (Å²) in [5, 5.41) is 9.30. The van der Waals surface area contributed by atoms with Crippen LogP contribution in [0.5, 0.6) is 0 Å². The predicted octanol–water partition coefficient (Wildman–Crippen LogP) is 4.14. The fourth-order valence-electron chi connectivity index (χ4n) is 4.17. The largest absolute Gasteiger partial charge is 0.466 e. The van der Waals surface area contributed by atoms with Gasteiger partial charge in [0.2, 0.25) is 5.91 Å². The smallest absolute Gasteiger partial charge is 0.309 e. The van der Waals surface area contributed by atoms with Crippen molar-refractivity contribution < 1.29 is 14.3 Å². The number of esters is 1. The maximum Gasteiger partial charge on any atom is 0.309 e. The Balaban J connectivity index is 1.48. The lowest BCUT2D eigenvalue weighted by atomic mass is 9.97. The Hall–Kier alpha value is -3.13. The summed E-state index contributed by atoms with van der Waals surface area (Å²) >= 11 is 1.42. The molecule has 0 saturated carbocycles. The van der Waals surface area contributed by atoms with Crippen LogP contribution >= 0.6 is 11.8 Å². The highest BCUT2D eigenvalue weighted by molar-refractivity contribution is 8.00. The van der Waals surface area contributed by atoms with Crippen molar-refractivity contribution in [2.45, 2.75) is 43.5 Å². The molecule has 2 heterocycles. The first kappa shape index (κ1) is 24.0. The van der Waals surface area contributed by atoms with Gasteiger partial charge in [-0.2, -0.15) is 0 Å². The monoisotopic (exact) mass is 478 g/mol. The maximum absolute atomic E-state index is 13.2. The number of aromatic nitrogens is 3. The molecule has 3 aromatic rings. The van der Waals surface area contributed by atoms with Crippen LogP contribution in [0, 0.1) is 5.92 Å². The summed E-state index contributed by atoms with van der Waals surface area (Å²) in [5.74, 6) is 0.613. The molecule has 7 nitrogen and oxygen atoms in total. The van der Waals surface area contributed by atoms with E-state index in [9.17, 15) is 9.59 Å². The number of benzene rings is 2. The zero-order valence-corrected chi connectivity index (χ0v) is 20.4. The molecule has 0 radical (unpaired) electrons. The molecule has 4 rings (SSSR count). The van der Waals surface area contributed by atoms with Crippen LogP contribution < -0.4 is 0 Å². The molecule has 0 N–H and O–H groups in total. The number of rotatable bonds is 8. The van der Waals surface area contributed by atoms with Gasteiger partial charge >= 0.3 is 5.97 Å². The van der Waals surface area contributed by atoms with Crippen LogP contribution in [0.1, 0.15) is 38.1 Å². The molecule has 0 bridgehead atoms. The van der Waals surface area contributed by atoms with Crippen molar-refractivity contribution in [1.29, 1.82) is 0 Å². The van der Waals surface area contributed by atoms with Gasteiger partial charge in [-0.15, -0.1) is 10.2 Å². The van der Waals surface area contributed by atoms with Crippen LogP contribution in [0.4, 0.5) is 0 Å². The van der Waals surface area contributed by atoms with Gasteiger partial charge in [0.15, 0.2) is 5.16 Å². The van der Waals surface area contributed by atoms with Crippen molar-refractivity contribution in [3.8, 4) is 5.69 Å². The fourth-order valence-corrected chi connectivity index (χ4v) is 5.14. The summed E-state index contributed by atoms with van der Waals surface area (Å²) in [6.45, 7) is 5.25. The summed E-state index contributed by atoms with van der Waals surface area (Å²) in [6, 6.07) is 20.2. The first-order valence-corrected chi connectivity index (χ1v) is 12.6. The number of ether oxygens (including phenoxy) is 1. The van der Waals surface area contributed by atoms with Gasteiger partial charge in [0, 0.05) is 25.2 Å². The maximum atomic E-state index is 13.2. The second-order valence-corrected chi connectivity index (χ2v) is 9.65. The second-order valence-electron chi connectivity index (χ2n) is 8.34. The van der Waals surface area contributed by atoms with Gasteiger partial charge in [0.25, 0.3) is 0 Å². The number of para-hydroxylation sites is 1. The number of amides is 1. The molecule has 178 valence electrons. The van der Waals surface area contributed by atoms with E-state index in [1.165, 1.54) is 11.8 Å². The second kappa shape index (κ2) is 11.3. The van der Waals surface area contributed by atoms with Crippen molar-refractivity contribution >= 4 is 23.6 Å². The summed E-state index contributed by atoms with van der Waals surface area (Å²) in [7, 11) is 0. The molecule has 0 aliphatic carbocycles. The van der Waals surface area contributed by atoms with Crippen LogP contribution in [0.25, 0.3) is 5.69 Å². The van der Waals surface area contributed by atoms with Gasteiger partial charge in [-0.1, -0.05) is 60.3 Å². The SMILES string of the molecule is CCOC(=O)C1CCN(C(=O)C(C)Sc2nnc(Cc3ccccc3)n2-c2ccccc2)CC1. The number of nitrogens with zero attached hydrogens (tertiary/aromatic N) is 4. The molecule has 34 heavy (non-hydrogen) atoms. The molecule has 2 aromatic carbocycles. The third-order valence-electron chi connectivity index (χ3n) is 5.98. The molecule has 0 spiro atoms. The normalized spacial score (nSPS) is 15.2. The van der Waals surface area contributed by atoms with Gasteiger partial charge in [-0.25, -0.2) is 0 Å². The van der Waals surface area contributed by atoms with Gasteiger partial charge in [-0.3, -0.25) is 14.2 Å². The number of likely N-dealkylation sites (tertiary alicyclic amines) is 1. The van der Waals surface area contributed by atoms with E-state index in [-0.39, 0.29) is 23.0 Å². The van der Waals surface area contributed by atoms with Crippen LogP contribution in [-0.4, -0.2) is 56.5 Å². The minimum atomic E-state index is -0.324. The average molecular weight is 479 g/mol. The Kier molecular flexibility index (Phi) is 8.00. The Morgan fingerprint density at radius 1 is 1.03 bits per heavy atom. The number of hydrogen-bond donors (Lipinski definition) is 0. The van der Waals surface area contributed by atoms with E-state index in [1.807, 2.05) is 71.8 Å². The van der Waals surface area contributed by atoms with E-state index in [1.54, 1.807) is 0 Å². The standard InChI is InChI=1S/C26H30N4O3S/c1-3-33-25(32)21-14-16-29(17-15-21)24(31)19(2)34-26-28-27-23(18-20-10-6-4-7-11-20)30(26)22-12-8-5-9-13-22/h4-13,19,21H,3,14-18H2,1-2H3. The van der Waals surface area contributed by atoms with Crippen molar-refractivity contribution in [2.75, 3.05) is 19.7 Å². The summed E-state index contributed by atoms with van der Waals surface area (Å²) in [6.07, 6.45) is 1.93. The summed E-state index contributed by atoms with van der Waals surface area (Å²) in [4.78, 5) is 27.0. The highest BCUT2D eigenvalue weighted by atomic mass is 32.2. The first-order valence-electron chi connectivity index (χ1n) is 11.7. The van der Waals surface area contributed by atoms with Crippen LogP contribution in [0.3, 0.4) is 0 Å². The van der Waals surface area contributed by atoms with Crippen molar-refractivity contribution in [2.24, 2.45) is 5.92 Å². The lowest BCUT2D eigenvalue weighted by molar-refractivity contribution is -0.151. The lowest BCUT2D eigenvalue weighted by Gasteiger charge is -2.32. The zero-order chi connectivity index (χ0) is 23.9. The number of carbonyl (C=O) groups excluding carboxylic acids is 2. The van der Waals surface area contributed by atoms with E-state index in [4.69, 9.17) is 4.74 Å². The summed E-state index contributed by atoms with van der Waals surface area (Å²) < 4.78 is 7.18. The Morgan fingerprint density at radius 2 is 1.68 bits per heavy atom. The third kappa shape index (κ3) is 5.67. The molecule has 1 amide bonds. The first-order chi connectivity index (χ1) is 16.6. The van der Waals surface area contributed by atoms with Crippen LogP contribution in [-0.2, 0) is 20.7 Å². The molecular formula is C26H30N4O3S. The molecule has 1 fully saturated rings. The van der Waals surface area contributed by atoms with Crippen molar-refractivity contribution in [1.82, 2.24) is 19.7 Å². The number of hydrogen-bond acceptors (Lipinski definition) is 6. The lowest BCUT2D eigenvalue weighted by Crippen LogP contribution is -2.43. The fraction of sp³-hybridized carbons (Fsp3) is 0.385. The molecule has 1 aliphatic rings. The summed E-state index contributed by atoms with van der Waals surface area (Å²) in [5.41, 5.74) is 2.12. The molecule has 1 aromatic heterocycles. The van der Waals surface area contributed by atoms with E-state index >= 15 is 0 Å². The quantitative estimate of drug-likeness (QED) is 0.358. The topological polar surface area (TPSA) is 77.3 Å². The van der Waals surface area contributed by atoms with Crippen LogP contribution in [0.15, 0.2) is 65.8 Å². The zero-order valence-electron chi connectivity index (χ0n) is 19.6. The van der Waals surface area contributed by atoms with Gasteiger partial charge in [-0.05, 0) is 44.4 Å². The minimum absolute atomic E-state index is 0.0551. The molecule has 1 atom stereocenters. The number of thioether (sulfide) groups is 1. The van der Waals surface area contributed by atoms with Gasteiger partial charge in [0.1, 0.15) is 5.82 Å². The Bertz CT molecular complexity index is 1100. The van der Waals surface area contributed by atoms with Gasteiger partial charge < -0.3 is 9.64 Å². The van der Waals surface area contributed by atoms with Gasteiger partial charge in [0.05, 0.1) is 17.8 Å². The number of piperidine rings is 1. The van der Waals surface area contributed by atoms with E-state index < -0.39 is 0 Å². The molecule has 1 saturated heterocycles.